The van der Waals surface area contributed by atoms with Gasteiger partial charge in [0, 0.05) is 40.3 Å². The lowest BCUT2D eigenvalue weighted by Crippen LogP contribution is -2.37. The first-order valence-corrected chi connectivity index (χ1v) is 15.1. The molecule has 0 spiro atoms. The largest absolute Gasteiger partial charge is 0.325 e. The molecule has 1 amide bonds. The van der Waals surface area contributed by atoms with Gasteiger partial charge in [0.05, 0.1) is 16.3 Å². The summed E-state index contributed by atoms with van der Waals surface area (Å²) in [6.45, 7) is 0.968. The van der Waals surface area contributed by atoms with Crippen LogP contribution in [0.5, 0.6) is 0 Å². The van der Waals surface area contributed by atoms with E-state index in [0.717, 1.165) is 27.7 Å². The molecule has 1 aliphatic rings. The van der Waals surface area contributed by atoms with Crippen LogP contribution in [0.1, 0.15) is 5.56 Å². The quantitative estimate of drug-likeness (QED) is 0.308. The summed E-state index contributed by atoms with van der Waals surface area (Å²) in [6, 6.07) is 15.0. The zero-order valence-corrected chi connectivity index (χ0v) is 22.8. The number of amides is 1. The lowest BCUT2D eigenvalue weighted by Gasteiger charge is -2.25. The van der Waals surface area contributed by atoms with E-state index in [1.54, 1.807) is 48.2 Å². The molecule has 0 saturated carbocycles. The fraction of sp³-hybridized carbons (Fsp3) is 0.217. The Balaban J connectivity index is 1.42. The van der Waals surface area contributed by atoms with Crippen LogP contribution >= 0.6 is 39.5 Å². The van der Waals surface area contributed by atoms with E-state index in [-0.39, 0.29) is 33.0 Å². The van der Waals surface area contributed by atoms with E-state index in [1.807, 2.05) is 6.07 Å². The first kappa shape index (κ1) is 26.4. The molecule has 1 aromatic heterocycles. The van der Waals surface area contributed by atoms with Crippen LogP contribution < -0.4 is 10.9 Å². The fourth-order valence-corrected chi connectivity index (χ4v) is 6.92. The number of carbonyl (C=O) groups is 1. The van der Waals surface area contributed by atoms with E-state index in [2.05, 4.69) is 31.2 Å². The highest BCUT2D eigenvalue weighted by Gasteiger charge is 2.26. The van der Waals surface area contributed by atoms with Crippen molar-refractivity contribution < 1.29 is 13.2 Å². The Morgan fingerprint density at radius 3 is 2.47 bits per heavy atom. The van der Waals surface area contributed by atoms with Crippen molar-refractivity contribution in [1.29, 1.82) is 5.26 Å². The van der Waals surface area contributed by atoms with Gasteiger partial charge in [0.15, 0.2) is 5.16 Å². The number of nitrogens with zero attached hydrogens (tertiary/aromatic N) is 3. The maximum absolute atomic E-state index is 12.8. The van der Waals surface area contributed by atoms with Crippen molar-refractivity contribution in [2.45, 2.75) is 10.1 Å². The van der Waals surface area contributed by atoms with Gasteiger partial charge < -0.3 is 10.3 Å². The molecule has 1 aliphatic heterocycles. The number of nitriles is 1. The molecular weight excluding hydrogens is 586 g/mol. The summed E-state index contributed by atoms with van der Waals surface area (Å²) in [5.41, 5.74) is 0.596. The van der Waals surface area contributed by atoms with Crippen LogP contribution in [0.2, 0.25) is 0 Å². The highest BCUT2D eigenvalue weighted by Crippen LogP contribution is 2.25. The molecular formula is C23H20BrN5O4S3. The van der Waals surface area contributed by atoms with Gasteiger partial charge in [0.1, 0.15) is 11.6 Å². The average Bonchev–Trinajstić information content (AvgIpc) is 2.88. The summed E-state index contributed by atoms with van der Waals surface area (Å²) in [6.07, 6.45) is 0. The van der Waals surface area contributed by atoms with Crippen LogP contribution in [0, 0.1) is 11.3 Å². The van der Waals surface area contributed by atoms with Crippen LogP contribution in [0.25, 0.3) is 11.3 Å². The minimum absolute atomic E-state index is 0.0554. The number of aromatic nitrogens is 2. The summed E-state index contributed by atoms with van der Waals surface area (Å²) in [7, 11) is -3.56. The van der Waals surface area contributed by atoms with Gasteiger partial charge in [-0.3, -0.25) is 9.59 Å². The second-order valence-electron chi connectivity index (χ2n) is 7.59. The Hall–Kier alpha value is -2.63. The summed E-state index contributed by atoms with van der Waals surface area (Å²) in [4.78, 5) is 32.0. The van der Waals surface area contributed by atoms with Crippen molar-refractivity contribution in [3.05, 3.63) is 68.9 Å². The third-order valence-electron chi connectivity index (χ3n) is 5.21. The average molecular weight is 607 g/mol. The molecule has 9 nitrogen and oxygen atoms in total. The lowest BCUT2D eigenvalue weighted by molar-refractivity contribution is -0.113. The Bertz CT molecular complexity index is 1460. The standard InChI is InChI=1S/C23H20BrN5O4S3/c24-16-3-1-15(2-4-16)21-19(13-25)22(31)28-23(27-21)35-14-20(30)26-17-5-7-18(8-6-17)36(32,33)29-9-11-34-12-10-29/h1-8H,9-12,14H2,(H,26,30)(H,27,28,31). The molecule has 186 valence electrons. The summed E-state index contributed by atoms with van der Waals surface area (Å²) in [5, 5.41) is 12.3. The molecule has 0 aliphatic carbocycles. The normalized spacial score (nSPS) is 14.2. The molecule has 36 heavy (non-hydrogen) atoms. The number of rotatable bonds is 7. The third-order valence-corrected chi connectivity index (χ3v) is 9.47. The number of hydrogen-bond donors (Lipinski definition) is 2. The van der Waals surface area contributed by atoms with Crippen molar-refractivity contribution in [2.75, 3.05) is 35.7 Å². The maximum Gasteiger partial charge on any atom is 0.270 e. The summed E-state index contributed by atoms with van der Waals surface area (Å²) >= 11 is 6.09. The zero-order valence-electron chi connectivity index (χ0n) is 18.7. The van der Waals surface area contributed by atoms with E-state index in [1.165, 1.54) is 16.4 Å². The molecule has 0 atom stereocenters. The topological polar surface area (TPSA) is 136 Å². The van der Waals surface area contributed by atoms with Gasteiger partial charge in [-0.25, -0.2) is 13.4 Å². The number of sulfonamides is 1. The highest BCUT2D eigenvalue weighted by molar-refractivity contribution is 9.10. The van der Waals surface area contributed by atoms with Crippen LogP contribution in [0.15, 0.2) is 67.9 Å². The molecule has 1 saturated heterocycles. The predicted molar refractivity (Wildman–Crippen MR) is 145 cm³/mol. The van der Waals surface area contributed by atoms with Crippen molar-refractivity contribution in [1.82, 2.24) is 14.3 Å². The SMILES string of the molecule is N#Cc1c(-c2ccc(Br)cc2)nc(SCC(=O)Nc2ccc(S(=O)(=O)N3CCSCC3)cc2)[nH]c1=O. The van der Waals surface area contributed by atoms with Crippen LogP contribution in [0.3, 0.4) is 0 Å². The van der Waals surface area contributed by atoms with Crippen LogP contribution in [-0.2, 0) is 14.8 Å². The first-order valence-electron chi connectivity index (χ1n) is 10.7. The molecule has 13 heteroatoms. The van der Waals surface area contributed by atoms with Crippen LogP contribution in [0.4, 0.5) is 5.69 Å². The molecule has 0 bridgehead atoms. The van der Waals surface area contributed by atoms with Gasteiger partial charge in [0.25, 0.3) is 5.56 Å². The number of benzene rings is 2. The number of aromatic amines is 1. The fourth-order valence-electron chi connectivity index (χ4n) is 3.42. The van der Waals surface area contributed by atoms with E-state index in [9.17, 15) is 23.3 Å². The molecule has 2 heterocycles. The molecule has 2 aromatic carbocycles. The first-order chi connectivity index (χ1) is 17.3. The van der Waals surface area contributed by atoms with E-state index in [0.29, 0.717) is 24.3 Å². The molecule has 2 N–H and O–H groups in total. The predicted octanol–water partition coefficient (Wildman–Crippen LogP) is 3.54. The number of halogens is 1. The van der Waals surface area contributed by atoms with Crippen molar-refractivity contribution in [3.63, 3.8) is 0 Å². The molecule has 1 fully saturated rings. The number of thioether (sulfide) groups is 2. The van der Waals surface area contributed by atoms with Crippen LogP contribution in [-0.4, -0.2) is 58.9 Å². The minimum atomic E-state index is -3.56. The number of H-pyrrole nitrogens is 1. The van der Waals surface area contributed by atoms with Gasteiger partial charge in [-0.1, -0.05) is 39.8 Å². The second-order valence-corrected chi connectivity index (χ2v) is 12.6. The Labute approximate surface area is 224 Å². The Morgan fingerprint density at radius 1 is 1.17 bits per heavy atom. The lowest BCUT2D eigenvalue weighted by atomic mass is 10.1. The van der Waals surface area contributed by atoms with Crippen molar-refractivity contribution in [3.8, 4) is 17.3 Å². The monoisotopic (exact) mass is 605 g/mol. The number of carbonyl (C=O) groups excluding carboxylic acids is 1. The molecule has 3 aromatic rings. The highest BCUT2D eigenvalue weighted by atomic mass is 79.9. The van der Waals surface area contributed by atoms with E-state index in [4.69, 9.17) is 0 Å². The molecule has 0 unspecified atom stereocenters. The number of hydrogen-bond acceptors (Lipinski definition) is 8. The van der Waals surface area contributed by atoms with Gasteiger partial charge >= 0.3 is 0 Å². The Morgan fingerprint density at radius 2 is 1.83 bits per heavy atom. The minimum Gasteiger partial charge on any atom is -0.325 e. The van der Waals surface area contributed by atoms with Gasteiger partial charge in [0.2, 0.25) is 15.9 Å². The number of nitrogens with one attached hydrogen (secondary N) is 2. The number of anilines is 1. The summed E-state index contributed by atoms with van der Waals surface area (Å²) in [5.74, 6) is 1.13. The van der Waals surface area contributed by atoms with Crippen molar-refractivity contribution >= 4 is 61.1 Å². The van der Waals surface area contributed by atoms with Gasteiger partial charge in [-0.2, -0.15) is 21.3 Å². The zero-order chi connectivity index (χ0) is 25.7. The molecule has 0 radical (unpaired) electrons. The second kappa shape index (κ2) is 11.6. The molecule has 4 rings (SSSR count). The summed E-state index contributed by atoms with van der Waals surface area (Å²) < 4.78 is 27.9. The van der Waals surface area contributed by atoms with E-state index < -0.39 is 15.6 Å². The van der Waals surface area contributed by atoms with Gasteiger partial charge in [-0.05, 0) is 36.4 Å². The maximum atomic E-state index is 12.8. The van der Waals surface area contributed by atoms with Crippen molar-refractivity contribution in [2.24, 2.45) is 0 Å². The Kier molecular flexibility index (Phi) is 8.53. The smallest absolute Gasteiger partial charge is 0.270 e. The third kappa shape index (κ3) is 6.19. The van der Waals surface area contributed by atoms with Gasteiger partial charge in [-0.15, -0.1) is 0 Å². The van der Waals surface area contributed by atoms with E-state index >= 15 is 0 Å².